The maximum Gasteiger partial charge on any atom is 0.341 e. The van der Waals surface area contributed by atoms with E-state index in [1.807, 2.05) is 0 Å². The van der Waals surface area contributed by atoms with Gasteiger partial charge in [0.2, 0.25) is 0 Å². The van der Waals surface area contributed by atoms with Gasteiger partial charge in [0.05, 0.1) is 5.56 Å². The number of hydrogen-bond donors (Lipinski definition) is 1. The number of carbonyl (C=O) groups excluding carboxylic acids is 2. The highest BCUT2D eigenvalue weighted by Crippen LogP contribution is 2.18. The van der Waals surface area contributed by atoms with Gasteiger partial charge in [-0.3, -0.25) is 4.79 Å². The SMILES string of the molecule is C[C@@H](OC(=O)c1ccc(F)cc1F)C(=O)NC1CCCC1. The van der Waals surface area contributed by atoms with Crippen molar-refractivity contribution < 1.29 is 23.1 Å². The van der Waals surface area contributed by atoms with Crippen LogP contribution in [0.3, 0.4) is 0 Å². The Morgan fingerprint density at radius 3 is 2.57 bits per heavy atom. The number of esters is 1. The molecule has 1 N–H and O–H groups in total. The lowest BCUT2D eigenvalue weighted by Gasteiger charge is -2.17. The summed E-state index contributed by atoms with van der Waals surface area (Å²) >= 11 is 0. The van der Waals surface area contributed by atoms with E-state index in [0.29, 0.717) is 6.07 Å². The minimum atomic E-state index is -1.03. The molecule has 114 valence electrons. The summed E-state index contributed by atoms with van der Waals surface area (Å²) in [6.45, 7) is 1.42. The summed E-state index contributed by atoms with van der Waals surface area (Å²) in [6, 6.07) is 2.67. The smallest absolute Gasteiger partial charge is 0.341 e. The van der Waals surface area contributed by atoms with Crippen molar-refractivity contribution in [2.24, 2.45) is 0 Å². The van der Waals surface area contributed by atoms with Crippen LogP contribution in [0.25, 0.3) is 0 Å². The van der Waals surface area contributed by atoms with Crippen molar-refractivity contribution in [3.05, 3.63) is 35.4 Å². The molecule has 6 heteroatoms. The third kappa shape index (κ3) is 4.00. The first-order valence-corrected chi connectivity index (χ1v) is 6.94. The van der Waals surface area contributed by atoms with Crippen LogP contribution in [0.15, 0.2) is 18.2 Å². The highest BCUT2D eigenvalue weighted by Gasteiger charge is 2.24. The molecule has 0 bridgehead atoms. The Morgan fingerprint density at radius 2 is 1.95 bits per heavy atom. The number of benzene rings is 1. The molecule has 1 fully saturated rings. The maximum atomic E-state index is 13.4. The Labute approximate surface area is 121 Å². The van der Waals surface area contributed by atoms with E-state index in [4.69, 9.17) is 4.74 Å². The molecule has 2 rings (SSSR count). The van der Waals surface area contributed by atoms with Crippen molar-refractivity contribution in [1.29, 1.82) is 0 Å². The lowest BCUT2D eigenvalue weighted by atomic mass is 10.2. The summed E-state index contributed by atoms with van der Waals surface area (Å²) in [7, 11) is 0. The summed E-state index contributed by atoms with van der Waals surface area (Å²) < 4.78 is 31.1. The van der Waals surface area contributed by atoms with E-state index in [0.717, 1.165) is 37.8 Å². The van der Waals surface area contributed by atoms with Crippen LogP contribution in [0.5, 0.6) is 0 Å². The van der Waals surface area contributed by atoms with Gasteiger partial charge in [-0.25, -0.2) is 13.6 Å². The minimum absolute atomic E-state index is 0.112. The second-order valence-corrected chi connectivity index (χ2v) is 5.16. The van der Waals surface area contributed by atoms with Gasteiger partial charge in [-0.15, -0.1) is 0 Å². The zero-order valence-electron chi connectivity index (χ0n) is 11.7. The molecule has 1 aliphatic rings. The zero-order valence-corrected chi connectivity index (χ0v) is 11.7. The fourth-order valence-electron chi connectivity index (χ4n) is 2.32. The molecule has 1 aliphatic carbocycles. The molecule has 0 aromatic heterocycles. The van der Waals surface area contributed by atoms with Crippen LogP contribution in [0.1, 0.15) is 43.0 Å². The Bertz CT molecular complexity index is 542. The number of nitrogens with one attached hydrogen (secondary N) is 1. The van der Waals surface area contributed by atoms with Gasteiger partial charge in [0.25, 0.3) is 5.91 Å². The normalized spacial score (nSPS) is 16.5. The van der Waals surface area contributed by atoms with E-state index in [2.05, 4.69) is 5.32 Å². The topological polar surface area (TPSA) is 55.4 Å². The molecule has 1 aromatic rings. The zero-order chi connectivity index (χ0) is 15.4. The maximum absolute atomic E-state index is 13.4. The number of rotatable bonds is 4. The summed E-state index contributed by atoms with van der Waals surface area (Å²) in [5, 5.41) is 2.79. The van der Waals surface area contributed by atoms with Crippen LogP contribution in [-0.2, 0) is 9.53 Å². The van der Waals surface area contributed by atoms with Crippen LogP contribution >= 0.6 is 0 Å². The van der Waals surface area contributed by atoms with Crippen molar-refractivity contribution in [2.75, 3.05) is 0 Å². The largest absolute Gasteiger partial charge is 0.449 e. The van der Waals surface area contributed by atoms with Gasteiger partial charge in [-0.05, 0) is 31.9 Å². The van der Waals surface area contributed by atoms with Gasteiger partial charge in [-0.2, -0.15) is 0 Å². The second kappa shape index (κ2) is 6.65. The van der Waals surface area contributed by atoms with Crippen LogP contribution in [0.2, 0.25) is 0 Å². The fourth-order valence-corrected chi connectivity index (χ4v) is 2.32. The van der Waals surface area contributed by atoms with Crippen LogP contribution in [-0.4, -0.2) is 24.0 Å². The molecule has 0 unspecified atom stereocenters. The van der Waals surface area contributed by atoms with Gasteiger partial charge < -0.3 is 10.1 Å². The fraction of sp³-hybridized carbons (Fsp3) is 0.467. The van der Waals surface area contributed by atoms with Crippen LogP contribution in [0, 0.1) is 11.6 Å². The van der Waals surface area contributed by atoms with Crippen LogP contribution in [0.4, 0.5) is 8.78 Å². The Kier molecular flexibility index (Phi) is 4.88. The number of amides is 1. The van der Waals surface area contributed by atoms with E-state index in [-0.39, 0.29) is 6.04 Å². The van der Waals surface area contributed by atoms with E-state index in [1.54, 1.807) is 0 Å². The Balaban J connectivity index is 1.93. The second-order valence-electron chi connectivity index (χ2n) is 5.16. The molecular weight excluding hydrogens is 280 g/mol. The molecule has 1 amide bonds. The third-order valence-electron chi connectivity index (χ3n) is 3.51. The molecule has 21 heavy (non-hydrogen) atoms. The molecule has 0 aliphatic heterocycles. The van der Waals surface area contributed by atoms with Crippen molar-refractivity contribution in [3.63, 3.8) is 0 Å². The molecule has 1 aromatic carbocycles. The Morgan fingerprint density at radius 1 is 1.29 bits per heavy atom. The highest BCUT2D eigenvalue weighted by molar-refractivity contribution is 5.92. The molecule has 0 radical (unpaired) electrons. The first-order valence-electron chi connectivity index (χ1n) is 6.94. The van der Waals surface area contributed by atoms with Crippen molar-refractivity contribution in [2.45, 2.75) is 44.8 Å². The van der Waals surface area contributed by atoms with Crippen molar-refractivity contribution in [3.8, 4) is 0 Å². The van der Waals surface area contributed by atoms with Crippen molar-refractivity contribution in [1.82, 2.24) is 5.32 Å². The predicted molar refractivity (Wildman–Crippen MR) is 71.6 cm³/mol. The molecular formula is C15H17F2NO3. The predicted octanol–water partition coefficient (Wildman–Crippen LogP) is 2.57. The van der Waals surface area contributed by atoms with Gasteiger partial charge >= 0.3 is 5.97 Å². The molecule has 0 spiro atoms. The quantitative estimate of drug-likeness (QED) is 0.869. The number of halogens is 2. The summed E-state index contributed by atoms with van der Waals surface area (Å²) in [4.78, 5) is 23.6. The van der Waals surface area contributed by atoms with Gasteiger partial charge in [0.1, 0.15) is 11.6 Å². The Hall–Kier alpha value is -1.98. The van der Waals surface area contributed by atoms with E-state index >= 15 is 0 Å². The molecule has 4 nitrogen and oxygen atoms in total. The summed E-state index contributed by atoms with van der Waals surface area (Å²) in [5.74, 6) is -3.18. The third-order valence-corrected chi connectivity index (χ3v) is 3.51. The molecule has 1 atom stereocenters. The van der Waals surface area contributed by atoms with Gasteiger partial charge in [0.15, 0.2) is 6.10 Å². The van der Waals surface area contributed by atoms with E-state index in [9.17, 15) is 18.4 Å². The molecule has 0 saturated heterocycles. The van der Waals surface area contributed by atoms with Crippen molar-refractivity contribution >= 4 is 11.9 Å². The number of carbonyl (C=O) groups is 2. The van der Waals surface area contributed by atoms with Gasteiger partial charge in [0, 0.05) is 12.1 Å². The standard InChI is InChI=1S/C15H17F2NO3/c1-9(14(19)18-11-4-2-3-5-11)21-15(20)12-7-6-10(16)8-13(12)17/h6-9,11H,2-5H2,1H3,(H,18,19)/t9-/m1/s1. The monoisotopic (exact) mass is 297 g/mol. The molecule has 1 saturated carbocycles. The van der Waals surface area contributed by atoms with E-state index in [1.165, 1.54) is 6.92 Å². The molecule has 0 heterocycles. The first-order chi connectivity index (χ1) is 9.97. The lowest BCUT2D eigenvalue weighted by molar-refractivity contribution is -0.129. The summed E-state index contributed by atoms with van der Waals surface area (Å²) in [5.41, 5.74) is -0.392. The number of hydrogen-bond acceptors (Lipinski definition) is 3. The average molecular weight is 297 g/mol. The minimum Gasteiger partial charge on any atom is -0.449 e. The van der Waals surface area contributed by atoms with E-state index < -0.39 is 35.2 Å². The first kappa shape index (κ1) is 15.4. The average Bonchev–Trinajstić information content (AvgIpc) is 2.91. The van der Waals surface area contributed by atoms with Crippen LogP contribution < -0.4 is 5.32 Å². The highest BCUT2D eigenvalue weighted by atomic mass is 19.1. The van der Waals surface area contributed by atoms with Gasteiger partial charge in [-0.1, -0.05) is 12.8 Å². The lowest BCUT2D eigenvalue weighted by Crippen LogP contribution is -2.40. The number of ether oxygens (including phenoxy) is 1. The summed E-state index contributed by atoms with van der Waals surface area (Å²) in [6.07, 6.45) is 2.94.